The van der Waals surface area contributed by atoms with E-state index in [-0.39, 0.29) is 11.9 Å². The van der Waals surface area contributed by atoms with E-state index in [2.05, 4.69) is 18.3 Å². The van der Waals surface area contributed by atoms with Crippen LogP contribution in [0.25, 0.3) is 0 Å². The van der Waals surface area contributed by atoms with Gasteiger partial charge >= 0.3 is 0 Å². The number of hydrogen-bond acceptors (Lipinski definition) is 3. The van der Waals surface area contributed by atoms with Crippen LogP contribution in [0, 0.1) is 17.2 Å². The molecule has 3 nitrogen and oxygen atoms in total. The molecular weight excluding hydrogens is 304 g/mol. The molecule has 23 heavy (non-hydrogen) atoms. The van der Waals surface area contributed by atoms with E-state index in [1.54, 1.807) is 6.07 Å². The van der Waals surface area contributed by atoms with Gasteiger partial charge in [-0.25, -0.2) is 0 Å². The molecule has 116 valence electrons. The Kier molecular flexibility index (Phi) is 4.68. The number of amides is 1. The van der Waals surface area contributed by atoms with Gasteiger partial charge in [-0.3, -0.25) is 4.79 Å². The molecule has 0 spiro atoms. The molecule has 0 aromatic heterocycles. The lowest BCUT2D eigenvalue weighted by Gasteiger charge is -2.15. The third-order valence-electron chi connectivity index (χ3n) is 4.05. The van der Waals surface area contributed by atoms with E-state index >= 15 is 0 Å². The molecule has 4 heteroatoms. The summed E-state index contributed by atoms with van der Waals surface area (Å²) in [5.74, 6) is 0.583. The van der Waals surface area contributed by atoms with E-state index in [1.165, 1.54) is 24.6 Å². The third-order valence-corrected chi connectivity index (χ3v) is 5.20. The first-order chi connectivity index (χ1) is 11.2. The van der Waals surface area contributed by atoms with Crippen molar-refractivity contribution in [1.82, 2.24) is 5.32 Å². The lowest BCUT2D eigenvalue weighted by atomic mass is 10.1. The van der Waals surface area contributed by atoms with Crippen molar-refractivity contribution in [3.05, 3.63) is 59.7 Å². The molecule has 1 fully saturated rings. The number of nitrogens with zero attached hydrogens (tertiary/aromatic N) is 1. The van der Waals surface area contributed by atoms with Crippen LogP contribution in [0.1, 0.15) is 35.7 Å². The van der Waals surface area contributed by atoms with Crippen molar-refractivity contribution < 1.29 is 4.79 Å². The molecule has 0 aliphatic heterocycles. The first-order valence-corrected chi connectivity index (χ1v) is 8.57. The lowest BCUT2D eigenvalue weighted by Crippen LogP contribution is -2.34. The topological polar surface area (TPSA) is 52.9 Å². The Morgan fingerprint density at radius 2 is 1.83 bits per heavy atom. The molecule has 2 aromatic carbocycles. The normalized spacial score (nSPS) is 14.8. The minimum absolute atomic E-state index is 0.0399. The highest BCUT2D eigenvalue weighted by Gasteiger charge is 2.29. The van der Waals surface area contributed by atoms with Crippen molar-refractivity contribution >= 4 is 17.7 Å². The minimum Gasteiger partial charge on any atom is -0.349 e. The fourth-order valence-corrected chi connectivity index (χ4v) is 3.53. The molecule has 0 heterocycles. The molecule has 0 bridgehead atoms. The van der Waals surface area contributed by atoms with E-state index < -0.39 is 0 Å². The summed E-state index contributed by atoms with van der Waals surface area (Å²) in [6, 6.07) is 17.4. The molecule has 1 amide bonds. The number of nitriles is 1. The van der Waals surface area contributed by atoms with Crippen LogP contribution in [0.15, 0.2) is 58.3 Å². The summed E-state index contributed by atoms with van der Waals surface area (Å²) in [4.78, 5) is 14.3. The molecule has 1 N–H and O–H groups in total. The van der Waals surface area contributed by atoms with Crippen molar-refractivity contribution in [2.45, 2.75) is 35.6 Å². The number of carbonyl (C=O) groups excluding carboxylic acids is 1. The maximum absolute atomic E-state index is 12.6. The summed E-state index contributed by atoms with van der Waals surface area (Å²) in [6.07, 6.45) is 2.40. The summed E-state index contributed by atoms with van der Waals surface area (Å²) in [5, 5.41) is 12.3. The Labute approximate surface area is 140 Å². The van der Waals surface area contributed by atoms with Crippen LogP contribution in [0.5, 0.6) is 0 Å². The number of rotatable bonds is 5. The zero-order valence-corrected chi connectivity index (χ0v) is 13.8. The van der Waals surface area contributed by atoms with Crippen LogP contribution in [-0.2, 0) is 0 Å². The zero-order valence-electron chi connectivity index (χ0n) is 13.0. The van der Waals surface area contributed by atoms with Crippen molar-refractivity contribution in [1.29, 1.82) is 5.26 Å². The summed E-state index contributed by atoms with van der Waals surface area (Å²) < 4.78 is 0. The second kappa shape index (κ2) is 6.89. The van der Waals surface area contributed by atoms with Gasteiger partial charge in [0.05, 0.1) is 11.1 Å². The monoisotopic (exact) mass is 322 g/mol. The van der Waals surface area contributed by atoms with Crippen molar-refractivity contribution in [2.75, 3.05) is 0 Å². The quantitative estimate of drug-likeness (QED) is 0.896. The Balaban J connectivity index is 1.83. The smallest absolute Gasteiger partial charge is 0.252 e. The molecule has 1 atom stereocenters. The maximum atomic E-state index is 12.6. The van der Waals surface area contributed by atoms with E-state index in [9.17, 15) is 10.1 Å². The number of nitrogens with one attached hydrogen (secondary N) is 1. The Hall–Kier alpha value is -2.25. The van der Waals surface area contributed by atoms with Gasteiger partial charge < -0.3 is 5.32 Å². The van der Waals surface area contributed by atoms with E-state index in [0.717, 1.165) is 9.79 Å². The number of benzene rings is 2. The highest BCUT2D eigenvalue weighted by atomic mass is 32.2. The summed E-state index contributed by atoms with van der Waals surface area (Å²) in [5.41, 5.74) is 1.29. The predicted molar refractivity (Wildman–Crippen MR) is 91.4 cm³/mol. The zero-order chi connectivity index (χ0) is 16.2. The number of hydrogen-bond donors (Lipinski definition) is 1. The van der Waals surface area contributed by atoms with Gasteiger partial charge in [-0.1, -0.05) is 36.0 Å². The SMILES string of the molecule is CC(NC(=O)c1ccccc1Sc1ccccc1C#N)C1CC1. The Morgan fingerprint density at radius 1 is 1.17 bits per heavy atom. The molecular formula is C19H18N2OS. The average Bonchev–Trinajstić information content (AvgIpc) is 3.41. The highest BCUT2D eigenvalue weighted by Crippen LogP contribution is 2.34. The summed E-state index contributed by atoms with van der Waals surface area (Å²) >= 11 is 1.46. The summed E-state index contributed by atoms with van der Waals surface area (Å²) in [7, 11) is 0. The molecule has 1 aliphatic carbocycles. The first-order valence-electron chi connectivity index (χ1n) is 7.76. The van der Waals surface area contributed by atoms with Crippen LogP contribution in [0.2, 0.25) is 0 Å². The van der Waals surface area contributed by atoms with Crippen LogP contribution in [-0.4, -0.2) is 11.9 Å². The molecule has 2 aromatic rings. The van der Waals surface area contributed by atoms with Gasteiger partial charge in [0.1, 0.15) is 6.07 Å². The fraction of sp³-hybridized carbons (Fsp3) is 0.263. The number of carbonyl (C=O) groups is 1. The lowest BCUT2D eigenvalue weighted by molar-refractivity contribution is 0.0933. The van der Waals surface area contributed by atoms with E-state index in [1.807, 2.05) is 42.5 Å². The van der Waals surface area contributed by atoms with Crippen molar-refractivity contribution in [3.8, 4) is 6.07 Å². The van der Waals surface area contributed by atoms with Gasteiger partial charge in [0.15, 0.2) is 0 Å². The highest BCUT2D eigenvalue weighted by molar-refractivity contribution is 7.99. The van der Waals surface area contributed by atoms with Gasteiger partial charge in [0, 0.05) is 15.8 Å². The molecule has 0 saturated heterocycles. The van der Waals surface area contributed by atoms with Crippen molar-refractivity contribution in [2.24, 2.45) is 5.92 Å². The third kappa shape index (κ3) is 3.75. The fourth-order valence-electron chi connectivity index (χ4n) is 2.51. The molecule has 1 saturated carbocycles. The van der Waals surface area contributed by atoms with Crippen LogP contribution in [0.3, 0.4) is 0 Å². The Morgan fingerprint density at radius 3 is 2.52 bits per heavy atom. The minimum atomic E-state index is -0.0399. The van der Waals surface area contributed by atoms with Gasteiger partial charge in [0.25, 0.3) is 5.91 Å². The van der Waals surface area contributed by atoms with Gasteiger partial charge in [-0.2, -0.15) is 5.26 Å². The largest absolute Gasteiger partial charge is 0.349 e. The Bertz CT molecular complexity index is 762. The molecule has 1 unspecified atom stereocenters. The van der Waals surface area contributed by atoms with E-state index in [0.29, 0.717) is 17.0 Å². The van der Waals surface area contributed by atoms with Gasteiger partial charge in [-0.15, -0.1) is 0 Å². The van der Waals surface area contributed by atoms with Gasteiger partial charge in [-0.05, 0) is 49.9 Å². The van der Waals surface area contributed by atoms with Gasteiger partial charge in [0.2, 0.25) is 0 Å². The predicted octanol–water partition coefficient (Wildman–Crippen LogP) is 4.24. The van der Waals surface area contributed by atoms with Crippen LogP contribution in [0.4, 0.5) is 0 Å². The molecule has 0 radical (unpaired) electrons. The van der Waals surface area contributed by atoms with Crippen LogP contribution >= 0.6 is 11.8 Å². The first kappa shape index (κ1) is 15.6. The summed E-state index contributed by atoms with van der Waals surface area (Å²) in [6.45, 7) is 2.07. The molecule has 1 aliphatic rings. The maximum Gasteiger partial charge on any atom is 0.252 e. The van der Waals surface area contributed by atoms with Crippen molar-refractivity contribution in [3.63, 3.8) is 0 Å². The second-order valence-corrected chi connectivity index (χ2v) is 6.89. The van der Waals surface area contributed by atoms with Crippen LogP contribution < -0.4 is 5.32 Å². The second-order valence-electron chi connectivity index (χ2n) is 5.81. The molecule has 3 rings (SSSR count). The van der Waals surface area contributed by atoms with E-state index in [4.69, 9.17) is 0 Å². The average molecular weight is 322 g/mol. The standard InChI is InChI=1S/C19H18N2OS/c1-13(14-10-11-14)21-19(22)16-7-3-5-9-18(16)23-17-8-4-2-6-15(17)12-20/h2-9,13-14H,10-11H2,1H3,(H,21,22).